The minimum atomic E-state index is -0.132. The summed E-state index contributed by atoms with van der Waals surface area (Å²) in [7, 11) is 0. The van der Waals surface area contributed by atoms with Gasteiger partial charge in [-0.1, -0.05) is 29.8 Å². The first-order valence-corrected chi connectivity index (χ1v) is 6.77. The van der Waals surface area contributed by atoms with Gasteiger partial charge in [0.1, 0.15) is 0 Å². The van der Waals surface area contributed by atoms with Gasteiger partial charge in [-0.3, -0.25) is 0 Å². The molecule has 0 spiro atoms. The highest BCUT2D eigenvalue weighted by atomic mass is 35.5. The van der Waals surface area contributed by atoms with Crippen LogP contribution < -0.4 is 5.73 Å². The van der Waals surface area contributed by atoms with Crippen LogP contribution in [0.3, 0.4) is 0 Å². The number of nitrogens with two attached hydrogens (primary N) is 1. The van der Waals surface area contributed by atoms with Crippen molar-refractivity contribution in [2.45, 2.75) is 26.8 Å². The van der Waals surface area contributed by atoms with E-state index in [1.165, 1.54) is 15.3 Å². The van der Waals surface area contributed by atoms with Crippen LogP contribution >= 0.6 is 22.9 Å². The Labute approximate surface area is 111 Å². The molecule has 0 saturated heterocycles. The molecule has 0 fully saturated rings. The molecule has 0 amide bonds. The van der Waals surface area contributed by atoms with Gasteiger partial charge in [0.25, 0.3) is 0 Å². The van der Waals surface area contributed by atoms with E-state index in [0.29, 0.717) is 0 Å². The van der Waals surface area contributed by atoms with Crippen LogP contribution in [0.4, 0.5) is 0 Å². The second kappa shape index (κ2) is 4.81. The summed E-state index contributed by atoms with van der Waals surface area (Å²) in [5.41, 5.74) is 9.58. The van der Waals surface area contributed by atoms with Crippen LogP contribution in [0.25, 0.3) is 0 Å². The Balaban J connectivity index is 2.47. The molecule has 0 saturated carbocycles. The average Bonchev–Trinajstić information content (AvgIpc) is 2.61. The third-order valence-electron chi connectivity index (χ3n) is 2.97. The Morgan fingerprint density at radius 1 is 1.18 bits per heavy atom. The molecule has 0 radical (unpaired) electrons. The summed E-state index contributed by atoms with van der Waals surface area (Å²) >= 11 is 8.10. The van der Waals surface area contributed by atoms with Crippen LogP contribution in [0.5, 0.6) is 0 Å². The normalized spacial score (nSPS) is 12.8. The molecular weight excluding hydrogens is 250 g/mol. The molecule has 3 heteroatoms. The summed E-state index contributed by atoms with van der Waals surface area (Å²) in [4.78, 5) is 2.56. The van der Waals surface area contributed by atoms with Gasteiger partial charge in [-0.05, 0) is 43.5 Å². The van der Waals surface area contributed by atoms with Crippen molar-refractivity contribution >= 4 is 22.9 Å². The fourth-order valence-electron chi connectivity index (χ4n) is 2.04. The monoisotopic (exact) mass is 265 g/mol. The molecular formula is C14H16ClNS. The van der Waals surface area contributed by atoms with Crippen molar-refractivity contribution in [3.63, 3.8) is 0 Å². The molecule has 1 aromatic heterocycles. The number of rotatable bonds is 2. The minimum Gasteiger partial charge on any atom is -0.320 e. The Kier molecular flexibility index (Phi) is 3.57. The first-order chi connectivity index (χ1) is 8.00. The van der Waals surface area contributed by atoms with Crippen molar-refractivity contribution in [1.29, 1.82) is 0 Å². The van der Waals surface area contributed by atoms with Gasteiger partial charge in [-0.15, -0.1) is 11.3 Å². The smallest absolute Gasteiger partial charge is 0.0577 e. The largest absolute Gasteiger partial charge is 0.320 e. The van der Waals surface area contributed by atoms with Gasteiger partial charge in [0, 0.05) is 14.8 Å². The van der Waals surface area contributed by atoms with Crippen LogP contribution in [0, 0.1) is 20.8 Å². The standard InChI is InChI=1S/C14H16ClNS/c1-8-5-4-6-11(13(8)15)14(16)12-7-9(2)17-10(12)3/h4-7,14H,16H2,1-3H3. The predicted molar refractivity (Wildman–Crippen MR) is 76.0 cm³/mol. The second-order valence-corrected chi connectivity index (χ2v) is 6.16. The van der Waals surface area contributed by atoms with E-state index in [0.717, 1.165) is 16.1 Å². The number of aryl methyl sites for hydroxylation is 3. The van der Waals surface area contributed by atoms with Crippen molar-refractivity contribution < 1.29 is 0 Å². The van der Waals surface area contributed by atoms with Gasteiger partial charge in [0.2, 0.25) is 0 Å². The SMILES string of the molecule is Cc1cc(C(N)c2cccc(C)c2Cl)c(C)s1. The predicted octanol–water partition coefficient (Wildman–Crippen LogP) is 4.37. The van der Waals surface area contributed by atoms with Crippen molar-refractivity contribution in [3.05, 3.63) is 55.7 Å². The Morgan fingerprint density at radius 3 is 2.47 bits per heavy atom. The van der Waals surface area contributed by atoms with Crippen molar-refractivity contribution in [2.24, 2.45) is 5.73 Å². The molecule has 2 N–H and O–H groups in total. The van der Waals surface area contributed by atoms with Crippen LogP contribution in [-0.2, 0) is 0 Å². The summed E-state index contributed by atoms with van der Waals surface area (Å²) in [6.07, 6.45) is 0. The molecule has 0 aliphatic heterocycles. The zero-order valence-electron chi connectivity index (χ0n) is 10.3. The van der Waals surface area contributed by atoms with Crippen molar-refractivity contribution in [1.82, 2.24) is 0 Å². The first-order valence-electron chi connectivity index (χ1n) is 5.58. The summed E-state index contributed by atoms with van der Waals surface area (Å²) in [5.74, 6) is 0. The van der Waals surface area contributed by atoms with E-state index in [9.17, 15) is 0 Å². The molecule has 90 valence electrons. The average molecular weight is 266 g/mol. The van der Waals surface area contributed by atoms with Crippen LogP contribution in [0.2, 0.25) is 5.02 Å². The number of hydrogen-bond acceptors (Lipinski definition) is 2. The molecule has 1 atom stereocenters. The fraction of sp³-hybridized carbons (Fsp3) is 0.286. The summed E-state index contributed by atoms with van der Waals surface area (Å²) in [6.45, 7) is 6.21. The number of halogens is 1. The van der Waals surface area contributed by atoms with Crippen LogP contribution in [0.1, 0.15) is 32.5 Å². The molecule has 17 heavy (non-hydrogen) atoms. The lowest BCUT2D eigenvalue weighted by Gasteiger charge is -2.15. The zero-order valence-corrected chi connectivity index (χ0v) is 11.8. The highest BCUT2D eigenvalue weighted by Crippen LogP contribution is 2.33. The highest BCUT2D eigenvalue weighted by Gasteiger charge is 2.16. The van der Waals surface area contributed by atoms with E-state index in [1.54, 1.807) is 11.3 Å². The fourth-order valence-corrected chi connectivity index (χ4v) is 3.25. The zero-order chi connectivity index (χ0) is 12.6. The number of benzene rings is 1. The highest BCUT2D eigenvalue weighted by molar-refractivity contribution is 7.12. The quantitative estimate of drug-likeness (QED) is 0.857. The molecule has 1 nitrogen and oxygen atoms in total. The molecule has 0 bridgehead atoms. The molecule has 0 aliphatic carbocycles. The summed E-state index contributed by atoms with van der Waals surface area (Å²) in [6, 6.07) is 8.04. The van der Waals surface area contributed by atoms with E-state index in [4.69, 9.17) is 17.3 Å². The Hall–Kier alpha value is -0.830. The summed E-state index contributed by atoms with van der Waals surface area (Å²) < 4.78 is 0. The van der Waals surface area contributed by atoms with Gasteiger partial charge in [-0.25, -0.2) is 0 Å². The topological polar surface area (TPSA) is 26.0 Å². The molecule has 1 heterocycles. The van der Waals surface area contributed by atoms with Crippen LogP contribution in [-0.4, -0.2) is 0 Å². The summed E-state index contributed by atoms with van der Waals surface area (Å²) in [5, 5.41) is 0.781. The third kappa shape index (κ3) is 2.39. The van der Waals surface area contributed by atoms with E-state index in [-0.39, 0.29) is 6.04 Å². The van der Waals surface area contributed by atoms with Gasteiger partial charge >= 0.3 is 0 Å². The Bertz CT molecular complexity index is 545. The first kappa shape index (κ1) is 12.6. The molecule has 2 aromatic rings. The maximum Gasteiger partial charge on any atom is 0.0577 e. The molecule has 2 rings (SSSR count). The van der Waals surface area contributed by atoms with Gasteiger partial charge in [-0.2, -0.15) is 0 Å². The molecule has 1 aromatic carbocycles. The van der Waals surface area contributed by atoms with Gasteiger partial charge in [0.05, 0.1) is 6.04 Å². The third-order valence-corrected chi connectivity index (χ3v) is 4.47. The lowest BCUT2D eigenvalue weighted by atomic mass is 9.98. The van der Waals surface area contributed by atoms with Gasteiger partial charge in [0.15, 0.2) is 0 Å². The van der Waals surface area contributed by atoms with Crippen LogP contribution in [0.15, 0.2) is 24.3 Å². The molecule has 1 unspecified atom stereocenters. The minimum absolute atomic E-state index is 0.132. The van der Waals surface area contributed by atoms with Gasteiger partial charge < -0.3 is 5.73 Å². The van der Waals surface area contributed by atoms with E-state index >= 15 is 0 Å². The van der Waals surface area contributed by atoms with E-state index in [1.807, 2.05) is 25.1 Å². The number of thiophene rings is 1. The van der Waals surface area contributed by atoms with Crippen molar-refractivity contribution in [2.75, 3.05) is 0 Å². The second-order valence-electron chi connectivity index (χ2n) is 4.32. The lowest BCUT2D eigenvalue weighted by Crippen LogP contribution is -2.12. The Morgan fingerprint density at radius 2 is 1.88 bits per heavy atom. The molecule has 0 aliphatic rings. The van der Waals surface area contributed by atoms with Crippen molar-refractivity contribution in [3.8, 4) is 0 Å². The van der Waals surface area contributed by atoms with E-state index < -0.39 is 0 Å². The lowest BCUT2D eigenvalue weighted by molar-refractivity contribution is 0.867. The maximum absolute atomic E-state index is 6.32. The van der Waals surface area contributed by atoms with E-state index in [2.05, 4.69) is 19.9 Å². The number of hydrogen-bond donors (Lipinski definition) is 1. The maximum atomic E-state index is 6.32.